The zero-order valence-electron chi connectivity index (χ0n) is 14.9. The number of allylic oxidation sites excluding steroid dienone is 1. The lowest BCUT2D eigenvalue weighted by Gasteiger charge is -2.18. The van der Waals surface area contributed by atoms with Crippen LogP contribution in [-0.4, -0.2) is 38.1 Å². The fraction of sp³-hybridized carbons (Fsp3) is 0.167. The van der Waals surface area contributed by atoms with E-state index >= 15 is 0 Å². The molecule has 0 saturated carbocycles. The summed E-state index contributed by atoms with van der Waals surface area (Å²) in [5.41, 5.74) is -1.39. The number of fused-ring (bicyclic) bond motifs is 1. The highest BCUT2D eigenvalue weighted by Gasteiger charge is 2.35. The maximum atomic E-state index is 12.9. The number of aryl methyl sites for hydroxylation is 1. The van der Waals surface area contributed by atoms with E-state index in [1.54, 1.807) is 0 Å². The van der Waals surface area contributed by atoms with Crippen LogP contribution < -0.4 is 4.74 Å². The van der Waals surface area contributed by atoms with Crippen molar-refractivity contribution in [2.45, 2.75) is 12.8 Å². The second-order valence-electron chi connectivity index (χ2n) is 6.23. The van der Waals surface area contributed by atoms with Crippen molar-refractivity contribution in [3.8, 4) is 23.0 Å². The standard InChI is InChI=1S/C18H14N2O9/c1-29-13-6-8(5-11(17(13)23)19(25)26)4-10-3-2-9-7-12(21)18(24)15(20(27)28)14(9)16(10)22/h4-7,21,23-24H,2-3H2,1H3/b10-4-. The summed E-state index contributed by atoms with van der Waals surface area (Å²) in [7, 11) is 1.20. The number of rotatable bonds is 4. The quantitative estimate of drug-likeness (QED) is 0.301. The van der Waals surface area contributed by atoms with Crippen LogP contribution >= 0.6 is 0 Å². The Hall–Kier alpha value is -4.15. The minimum Gasteiger partial charge on any atom is -0.504 e. The number of hydrogen-bond donors (Lipinski definition) is 3. The van der Waals surface area contributed by atoms with Gasteiger partial charge in [0.2, 0.25) is 11.5 Å². The van der Waals surface area contributed by atoms with Crippen molar-refractivity contribution in [2.75, 3.05) is 7.11 Å². The van der Waals surface area contributed by atoms with Crippen molar-refractivity contribution < 1.29 is 34.7 Å². The number of nitro groups is 2. The minimum absolute atomic E-state index is 0.104. The Bertz CT molecular complexity index is 1110. The molecule has 0 atom stereocenters. The monoisotopic (exact) mass is 402 g/mol. The molecule has 0 saturated heterocycles. The van der Waals surface area contributed by atoms with Crippen LogP contribution in [0.3, 0.4) is 0 Å². The topological polar surface area (TPSA) is 173 Å². The normalized spacial score (nSPS) is 14.5. The van der Waals surface area contributed by atoms with Crippen LogP contribution in [0.15, 0.2) is 23.8 Å². The fourth-order valence-corrected chi connectivity index (χ4v) is 3.20. The summed E-state index contributed by atoms with van der Waals surface area (Å²) in [6, 6.07) is 3.41. The molecule has 0 bridgehead atoms. The number of ketones is 1. The molecule has 0 aromatic heterocycles. The van der Waals surface area contributed by atoms with Gasteiger partial charge in [0.1, 0.15) is 5.56 Å². The molecule has 29 heavy (non-hydrogen) atoms. The van der Waals surface area contributed by atoms with Crippen molar-refractivity contribution in [3.63, 3.8) is 0 Å². The first-order valence-electron chi connectivity index (χ1n) is 8.18. The molecule has 11 heteroatoms. The first-order chi connectivity index (χ1) is 13.6. The van der Waals surface area contributed by atoms with E-state index in [1.165, 1.54) is 19.3 Å². The molecular weight excluding hydrogens is 388 g/mol. The summed E-state index contributed by atoms with van der Waals surface area (Å²) in [5.74, 6) is -3.30. The molecule has 0 amide bonds. The number of hydrogen-bond acceptors (Lipinski definition) is 9. The highest BCUT2D eigenvalue weighted by Crippen LogP contribution is 2.44. The van der Waals surface area contributed by atoms with Crippen LogP contribution in [0.2, 0.25) is 0 Å². The van der Waals surface area contributed by atoms with Gasteiger partial charge in [-0.3, -0.25) is 25.0 Å². The Balaban J connectivity index is 2.15. The number of phenolic OH excluding ortho intramolecular Hbond substituents is 3. The third kappa shape index (κ3) is 3.29. The van der Waals surface area contributed by atoms with E-state index in [-0.39, 0.29) is 40.9 Å². The molecular formula is C18H14N2O9. The fourth-order valence-electron chi connectivity index (χ4n) is 3.20. The number of nitrogens with zero attached hydrogens (tertiary/aromatic N) is 2. The van der Waals surface area contributed by atoms with Crippen molar-refractivity contribution in [2.24, 2.45) is 0 Å². The predicted octanol–water partition coefficient (Wildman–Crippen LogP) is 2.84. The molecule has 3 rings (SSSR count). The van der Waals surface area contributed by atoms with Crippen molar-refractivity contribution >= 4 is 23.2 Å². The van der Waals surface area contributed by atoms with Crippen molar-refractivity contribution in [1.82, 2.24) is 0 Å². The molecule has 0 spiro atoms. The van der Waals surface area contributed by atoms with E-state index in [2.05, 4.69) is 0 Å². The molecule has 11 nitrogen and oxygen atoms in total. The van der Waals surface area contributed by atoms with Crippen LogP contribution in [0.4, 0.5) is 11.4 Å². The molecule has 150 valence electrons. The first kappa shape index (κ1) is 19.6. The van der Waals surface area contributed by atoms with Crippen LogP contribution in [0.1, 0.15) is 27.9 Å². The average molecular weight is 402 g/mol. The van der Waals surface area contributed by atoms with Gasteiger partial charge in [0.15, 0.2) is 17.3 Å². The first-order valence-corrected chi connectivity index (χ1v) is 8.18. The number of aromatic hydroxyl groups is 3. The van der Waals surface area contributed by atoms with Gasteiger partial charge in [-0.2, -0.15) is 0 Å². The Morgan fingerprint density at radius 1 is 1.03 bits per heavy atom. The second kappa shape index (κ2) is 7.11. The van der Waals surface area contributed by atoms with Gasteiger partial charge in [-0.25, -0.2) is 0 Å². The lowest BCUT2D eigenvalue weighted by Crippen LogP contribution is -2.16. The van der Waals surface area contributed by atoms with Gasteiger partial charge in [-0.15, -0.1) is 0 Å². The van der Waals surface area contributed by atoms with Gasteiger partial charge in [0.25, 0.3) is 0 Å². The Kier molecular flexibility index (Phi) is 4.81. The number of Topliss-reactive ketones (excluding diaryl/α,β-unsaturated/α-hetero) is 1. The van der Waals surface area contributed by atoms with Crippen LogP contribution in [-0.2, 0) is 6.42 Å². The van der Waals surface area contributed by atoms with Crippen LogP contribution in [0.25, 0.3) is 6.08 Å². The molecule has 0 heterocycles. The molecule has 1 aliphatic carbocycles. The van der Waals surface area contributed by atoms with Gasteiger partial charge in [0.05, 0.1) is 17.0 Å². The summed E-state index contributed by atoms with van der Waals surface area (Å²) in [5, 5.41) is 51.8. The molecule has 0 radical (unpaired) electrons. The summed E-state index contributed by atoms with van der Waals surface area (Å²) in [6.45, 7) is 0. The van der Waals surface area contributed by atoms with Crippen LogP contribution in [0.5, 0.6) is 23.0 Å². The summed E-state index contributed by atoms with van der Waals surface area (Å²) in [4.78, 5) is 33.6. The third-order valence-electron chi connectivity index (χ3n) is 4.54. The number of carbonyl (C=O) groups excluding carboxylic acids is 1. The molecule has 0 unspecified atom stereocenters. The smallest absolute Gasteiger partial charge is 0.326 e. The number of ether oxygens (including phenoxy) is 1. The van der Waals surface area contributed by atoms with E-state index < -0.39 is 44.3 Å². The number of nitro benzene ring substituents is 2. The highest BCUT2D eigenvalue weighted by molar-refractivity contribution is 6.16. The van der Waals surface area contributed by atoms with Gasteiger partial charge < -0.3 is 20.1 Å². The maximum absolute atomic E-state index is 12.9. The molecule has 0 fully saturated rings. The highest BCUT2D eigenvalue weighted by atomic mass is 16.6. The number of benzene rings is 2. The molecule has 0 aliphatic heterocycles. The zero-order valence-corrected chi connectivity index (χ0v) is 14.9. The van der Waals surface area contributed by atoms with E-state index in [9.17, 15) is 40.3 Å². The van der Waals surface area contributed by atoms with Crippen LogP contribution in [0, 0.1) is 20.2 Å². The predicted molar refractivity (Wildman–Crippen MR) is 98.4 cm³/mol. The number of methoxy groups -OCH3 is 1. The third-order valence-corrected chi connectivity index (χ3v) is 4.54. The summed E-state index contributed by atoms with van der Waals surface area (Å²) >= 11 is 0. The van der Waals surface area contributed by atoms with Crippen molar-refractivity contribution in [1.29, 1.82) is 0 Å². The lowest BCUT2D eigenvalue weighted by atomic mass is 9.84. The second-order valence-corrected chi connectivity index (χ2v) is 6.23. The van der Waals surface area contributed by atoms with Gasteiger partial charge in [-0.1, -0.05) is 0 Å². The van der Waals surface area contributed by atoms with E-state index in [4.69, 9.17) is 4.74 Å². The molecule has 3 N–H and O–H groups in total. The largest absolute Gasteiger partial charge is 0.504 e. The minimum atomic E-state index is -1.01. The number of carbonyl (C=O) groups is 1. The van der Waals surface area contributed by atoms with Gasteiger partial charge >= 0.3 is 11.4 Å². The number of phenols is 3. The summed E-state index contributed by atoms with van der Waals surface area (Å²) < 4.78 is 4.91. The lowest BCUT2D eigenvalue weighted by molar-refractivity contribution is -0.386. The van der Waals surface area contributed by atoms with E-state index in [0.29, 0.717) is 0 Å². The Morgan fingerprint density at radius 2 is 1.72 bits per heavy atom. The Morgan fingerprint density at radius 3 is 2.31 bits per heavy atom. The average Bonchev–Trinajstić information content (AvgIpc) is 2.66. The zero-order chi connectivity index (χ0) is 21.5. The molecule has 2 aromatic rings. The SMILES string of the molecule is COc1cc(/C=C2/CCc3cc(O)c(O)c([N+](=O)[O-])c3C2=O)cc([N+](=O)[O-])c1O. The summed E-state index contributed by atoms with van der Waals surface area (Å²) in [6.07, 6.45) is 1.61. The Labute approximate surface area is 162 Å². The van der Waals surface area contributed by atoms with Gasteiger partial charge in [0, 0.05) is 11.6 Å². The maximum Gasteiger partial charge on any atom is 0.326 e. The molecule has 2 aromatic carbocycles. The van der Waals surface area contributed by atoms with E-state index in [1.807, 2.05) is 0 Å². The van der Waals surface area contributed by atoms with E-state index in [0.717, 1.165) is 12.1 Å². The molecule has 1 aliphatic rings. The van der Waals surface area contributed by atoms with Crippen molar-refractivity contribution in [3.05, 3.63) is 60.7 Å². The van der Waals surface area contributed by atoms with Gasteiger partial charge in [-0.05, 0) is 42.2 Å².